The second-order valence-electron chi connectivity index (χ2n) is 5.26. The molecule has 0 spiro atoms. The highest BCUT2D eigenvalue weighted by atomic mass is 32.2. The van der Waals surface area contributed by atoms with Crippen LogP contribution in [0.1, 0.15) is 11.1 Å². The van der Waals surface area contributed by atoms with Crippen LogP contribution in [-0.4, -0.2) is 31.7 Å². The minimum atomic E-state index is -0.588. The van der Waals surface area contributed by atoms with Crippen LogP contribution in [0.2, 0.25) is 0 Å². The standard InChI is InChI=1S/C19H23NO3S/c1-22-19(23-2)17(24-14-16-11-7-4-8-12-16)18(21)20-13-15-9-5-3-6-10-15/h3-12,17,19H,13-14H2,1-2H3,(H,20,21). The number of rotatable bonds is 9. The van der Waals surface area contributed by atoms with E-state index in [1.165, 1.54) is 11.8 Å². The largest absolute Gasteiger partial charge is 0.354 e. The lowest BCUT2D eigenvalue weighted by Crippen LogP contribution is -2.41. The van der Waals surface area contributed by atoms with Crippen LogP contribution in [0.5, 0.6) is 0 Å². The zero-order valence-corrected chi connectivity index (χ0v) is 14.8. The van der Waals surface area contributed by atoms with E-state index in [9.17, 15) is 4.79 Å². The third kappa shape index (κ3) is 5.67. The molecule has 0 heterocycles. The molecule has 0 bridgehead atoms. The fourth-order valence-electron chi connectivity index (χ4n) is 2.27. The Bertz CT molecular complexity index is 603. The normalized spacial score (nSPS) is 12.1. The van der Waals surface area contributed by atoms with Crippen molar-refractivity contribution in [3.63, 3.8) is 0 Å². The lowest BCUT2D eigenvalue weighted by atomic mass is 10.2. The maximum Gasteiger partial charge on any atom is 0.238 e. The number of nitrogens with one attached hydrogen (secondary N) is 1. The summed E-state index contributed by atoms with van der Waals surface area (Å²) in [7, 11) is 3.10. The number of thioether (sulfide) groups is 1. The summed E-state index contributed by atoms with van der Waals surface area (Å²) < 4.78 is 10.6. The molecule has 0 saturated heterocycles. The fourth-order valence-corrected chi connectivity index (χ4v) is 3.45. The number of benzene rings is 2. The number of ether oxygens (including phenoxy) is 2. The zero-order chi connectivity index (χ0) is 17.2. The van der Waals surface area contributed by atoms with E-state index in [2.05, 4.69) is 5.32 Å². The molecule has 1 amide bonds. The van der Waals surface area contributed by atoms with E-state index in [-0.39, 0.29) is 5.91 Å². The summed E-state index contributed by atoms with van der Waals surface area (Å²) in [6, 6.07) is 19.9. The van der Waals surface area contributed by atoms with Crippen molar-refractivity contribution in [2.24, 2.45) is 0 Å². The van der Waals surface area contributed by atoms with Crippen LogP contribution in [-0.2, 0) is 26.6 Å². The predicted molar refractivity (Wildman–Crippen MR) is 97.6 cm³/mol. The Hall–Kier alpha value is -1.82. The van der Waals surface area contributed by atoms with Crippen LogP contribution in [0.3, 0.4) is 0 Å². The molecule has 2 rings (SSSR count). The lowest BCUT2D eigenvalue weighted by Gasteiger charge is -2.23. The predicted octanol–water partition coefficient (Wildman–Crippen LogP) is 3.22. The van der Waals surface area contributed by atoms with Crippen molar-refractivity contribution in [1.29, 1.82) is 0 Å². The van der Waals surface area contributed by atoms with Gasteiger partial charge in [0.05, 0.1) is 0 Å². The van der Waals surface area contributed by atoms with Gasteiger partial charge in [0.1, 0.15) is 5.25 Å². The zero-order valence-electron chi connectivity index (χ0n) is 14.0. The number of carbonyl (C=O) groups excluding carboxylic acids is 1. The van der Waals surface area contributed by atoms with Crippen LogP contribution >= 0.6 is 11.8 Å². The molecule has 0 aromatic heterocycles. The van der Waals surface area contributed by atoms with Crippen LogP contribution in [0.4, 0.5) is 0 Å². The van der Waals surface area contributed by atoms with Gasteiger partial charge >= 0.3 is 0 Å². The highest BCUT2D eigenvalue weighted by Gasteiger charge is 2.28. The minimum absolute atomic E-state index is 0.0894. The van der Waals surface area contributed by atoms with Crippen LogP contribution in [0.25, 0.3) is 0 Å². The van der Waals surface area contributed by atoms with Crippen molar-refractivity contribution in [1.82, 2.24) is 5.32 Å². The summed E-state index contributed by atoms with van der Waals surface area (Å²) in [5, 5.41) is 2.52. The molecule has 4 nitrogen and oxygen atoms in total. The van der Waals surface area contributed by atoms with Crippen LogP contribution < -0.4 is 5.32 Å². The van der Waals surface area contributed by atoms with Crippen LogP contribution in [0, 0.1) is 0 Å². The average molecular weight is 345 g/mol. The number of methoxy groups -OCH3 is 2. The van der Waals surface area contributed by atoms with E-state index < -0.39 is 11.5 Å². The molecule has 1 unspecified atom stereocenters. The van der Waals surface area contributed by atoms with E-state index in [4.69, 9.17) is 9.47 Å². The van der Waals surface area contributed by atoms with Crippen molar-refractivity contribution in [3.8, 4) is 0 Å². The summed E-state index contributed by atoms with van der Waals surface area (Å²) in [5.74, 6) is 0.626. The topological polar surface area (TPSA) is 47.6 Å². The summed E-state index contributed by atoms with van der Waals surface area (Å²) >= 11 is 1.51. The molecule has 1 atom stereocenters. The molecule has 0 aliphatic rings. The molecule has 128 valence electrons. The first kappa shape index (κ1) is 18.5. The monoisotopic (exact) mass is 345 g/mol. The molecule has 2 aromatic rings. The first-order chi connectivity index (χ1) is 11.7. The van der Waals surface area contributed by atoms with Crippen molar-refractivity contribution in [2.45, 2.75) is 23.8 Å². The van der Waals surface area contributed by atoms with Gasteiger partial charge in [-0.05, 0) is 11.1 Å². The van der Waals surface area contributed by atoms with Crippen molar-refractivity contribution >= 4 is 17.7 Å². The van der Waals surface area contributed by atoms with E-state index >= 15 is 0 Å². The summed E-state index contributed by atoms with van der Waals surface area (Å²) in [4.78, 5) is 12.6. The molecular weight excluding hydrogens is 322 g/mol. The maximum absolute atomic E-state index is 12.6. The van der Waals surface area contributed by atoms with Gasteiger partial charge in [0.25, 0.3) is 0 Å². The van der Waals surface area contributed by atoms with Crippen LogP contribution in [0.15, 0.2) is 60.7 Å². The molecule has 0 aliphatic carbocycles. The van der Waals surface area contributed by atoms with Gasteiger partial charge in [-0.1, -0.05) is 60.7 Å². The highest BCUT2D eigenvalue weighted by molar-refractivity contribution is 7.99. The Kier molecular flexibility index (Phi) is 7.82. The third-order valence-corrected chi connectivity index (χ3v) is 4.85. The van der Waals surface area contributed by atoms with Gasteiger partial charge in [0.15, 0.2) is 6.29 Å². The van der Waals surface area contributed by atoms with Crippen molar-refractivity contribution in [2.75, 3.05) is 14.2 Å². The van der Waals surface area contributed by atoms with Gasteiger partial charge in [-0.25, -0.2) is 0 Å². The Balaban J connectivity index is 1.97. The maximum atomic E-state index is 12.6. The van der Waals surface area contributed by atoms with Gasteiger partial charge < -0.3 is 14.8 Å². The second kappa shape index (κ2) is 10.1. The fraction of sp³-hybridized carbons (Fsp3) is 0.316. The molecule has 1 N–H and O–H groups in total. The van der Waals surface area contributed by atoms with Gasteiger partial charge in [0, 0.05) is 26.5 Å². The van der Waals surface area contributed by atoms with Crippen molar-refractivity contribution < 1.29 is 14.3 Å². The molecule has 2 aromatic carbocycles. The lowest BCUT2D eigenvalue weighted by molar-refractivity contribution is -0.137. The van der Waals surface area contributed by atoms with E-state index in [0.717, 1.165) is 11.1 Å². The molecule has 0 saturated carbocycles. The third-order valence-electron chi connectivity index (χ3n) is 3.55. The molecule has 0 fully saturated rings. The number of amides is 1. The first-order valence-corrected chi connectivity index (χ1v) is 8.82. The first-order valence-electron chi connectivity index (χ1n) is 7.77. The van der Waals surface area contributed by atoms with E-state index in [1.54, 1.807) is 14.2 Å². The van der Waals surface area contributed by atoms with E-state index in [0.29, 0.717) is 12.3 Å². The van der Waals surface area contributed by atoms with Gasteiger partial charge in [0.2, 0.25) is 5.91 Å². The average Bonchev–Trinajstić information content (AvgIpc) is 2.65. The Morgan fingerprint density at radius 1 is 0.958 bits per heavy atom. The molecule has 24 heavy (non-hydrogen) atoms. The smallest absolute Gasteiger partial charge is 0.238 e. The summed E-state index contributed by atoms with van der Waals surface area (Å²) in [6.45, 7) is 0.488. The van der Waals surface area contributed by atoms with E-state index in [1.807, 2.05) is 60.7 Å². The molecule has 0 aliphatic heterocycles. The SMILES string of the molecule is COC(OC)C(SCc1ccccc1)C(=O)NCc1ccccc1. The van der Waals surface area contributed by atoms with Gasteiger partial charge in [-0.15, -0.1) is 11.8 Å². The molecule has 0 radical (unpaired) electrons. The minimum Gasteiger partial charge on any atom is -0.354 e. The summed E-state index contributed by atoms with van der Waals surface area (Å²) in [5.41, 5.74) is 2.22. The quantitative estimate of drug-likeness (QED) is 0.709. The molecule has 5 heteroatoms. The second-order valence-corrected chi connectivity index (χ2v) is 6.39. The Labute approximate surface area is 147 Å². The van der Waals surface area contributed by atoms with Crippen molar-refractivity contribution in [3.05, 3.63) is 71.8 Å². The Morgan fingerprint density at radius 2 is 1.50 bits per heavy atom. The van der Waals surface area contributed by atoms with Gasteiger partial charge in [-0.2, -0.15) is 0 Å². The molecular formula is C19H23NO3S. The highest BCUT2D eigenvalue weighted by Crippen LogP contribution is 2.23. The summed E-state index contributed by atoms with van der Waals surface area (Å²) in [6.07, 6.45) is -0.588. The van der Waals surface area contributed by atoms with Gasteiger partial charge in [-0.3, -0.25) is 4.79 Å². The Morgan fingerprint density at radius 3 is 2.04 bits per heavy atom. The number of hydrogen-bond acceptors (Lipinski definition) is 4. The number of hydrogen-bond donors (Lipinski definition) is 1. The number of carbonyl (C=O) groups is 1.